The highest BCUT2D eigenvalue weighted by molar-refractivity contribution is 5.77. The van der Waals surface area contributed by atoms with Gasteiger partial charge in [0.25, 0.3) is 0 Å². The highest BCUT2D eigenvalue weighted by Gasteiger charge is 2.37. The Hall–Kier alpha value is -2.93. The van der Waals surface area contributed by atoms with Gasteiger partial charge >= 0.3 is 11.9 Å². The van der Waals surface area contributed by atoms with E-state index < -0.39 is 6.04 Å². The van der Waals surface area contributed by atoms with E-state index in [9.17, 15) is 9.59 Å². The Balaban J connectivity index is 1.42. The second kappa shape index (κ2) is 12.7. The monoisotopic (exact) mass is 549 g/mol. The Kier molecular flexibility index (Phi) is 9.55. The number of anilines is 1. The van der Waals surface area contributed by atoms with E-state index in [4.69, 9.17) is 14.5 Å². The number of benzene rings is 1. The SMILES string of the molecule is CCOC(=O)CCC(NC1CCN(c2cccc(-c3ccc4c(c3)C(C)(C)CCC4(C)C)n2)CC1)C(=O)OCC. The fraction of sp³-hybridized carbons (Fsp3) is 0.606. The van der Waals surface area contributed by atoms with Gasteiger partial charge in [0, 0.05) is 31.1 Å². The molecule has 4 rings (SSSR count). The second-order valence-electron chi connectivity index (χ2n) is 12.5. The maximum Gasteiger partial charge on any atom is 0.323 e. The summed E-state index contributed by atoms with van der Waals surface area (Å²) < 4.78 is 10.3. The number of carbonyl (C=O) groups is 2. The molecule has 40 heavy (non-hydrogen) atoms. The lowest BCUT2D eigenvalue weighted by Gasteiger charge is -2.42. The Labute approximate surface area is 240 Å². The summed E-state index contributed by atoms with van der Waals surface area (Å²) in [5.74, 6) is 0.392. The summed E-state index contributed by atoms with van der Waals surface area (Å²) >= 11 is 0. The predicted molar refractivity (Wildman–Crippen MR) is 160 cm³/mol. The summed E-state index contributed by atoms with van der Waals surface area (Å²) in [5, 5.41) is 3.46. The average molecular weight is 550 g/mol. The molecule has 2 aliphatic rings. The number of fused-ring (bicyclic) bond motifs is 1. The molecule has 7 nitrogen and oxygen atoms in total. The first-order valence-electron chi connectivity index (χ1n) is 15.0. The lowest BCUT2D eigenvalue weighted by Crippen LogP contribution is -2.49. The van der Waals surface area contributed by atoms with E-state index >= 15 is 0 Å². The minimum atomic E-state index is -0.513. The van der Waals surface area contributed by atoms with E-state index in [0.717, 1.165) is 37.4 Å². The summed E-state index contributed by atoms with van der Waals surface area (Å²) in [7, 11) is 0. The molecular weight excluding hydrogens is 502 g/mol. The van der Waals surface area contributed by atoms with Gasteiger partial charge in [-0.25, -0.2) is 4.98 Å². The summed E-state index contributed by atoms with van der Waals surface area (Å²) in [5.41, 5.74) is 5.43. The van der Waals surface area contributed by atoms with Crippen molar-refractivity contribution in [2.45, 2.75) is 103 Å². The number of aromatic nitrogens is 1. The number of pyridine rings is 1. The van der Waals surface area contributed by atoms with Crippen molar-refractivity contribution in [1.82, 2.24) is 10.3 Å². The number of piperidine rings is 1. The smallest absolute Gasteiger partial charge is 0.323 e. The molecule has 1 aliphatic carbocycles. The van der Waals surface area contributed by atoms with Crippen molar-refractivity contribution in [2.75, 3.05) is 31.2 Å². The number of carbonyl (C=O) groups excluding carboxylic acids is 2. The highest BCUT2D eigenvalue weighted by atomic mass is 16.5. The number of nitrogens with zero attached hydrogens (tertiary/aromatic N) is 2. The van der Waals surface area contributed by atoms with E-state index in [-0.39, 0.29) is 35.2 Å². The minimum Gasteiger partial charge on any atom is -0.466 e. The maximum atomic E-state index is 12.6. The summed E-state index contributed by atoms with van der Waals surface area (Å²) in [4.78, 5) is 31.8. The molecule has 218 valence electrons. The van der Waals surface area contributed by atoms with Crippen molar-refractivity contribution >= 4 is 17.8 Å². The molecule has 0 bridgehead atoms. The number of esters is 2. The van der Waals surface area contributed by atoms with Gasteiger partial charge in [0.15, 0.2) is 0 Å². The molecule has 2 aromatic rings. The van der Waals surface area contributed by atoms with Crippen molar-refractivity contribution in [3.8, 4) is 11.3 Å². The second-order valence-corrected chi connectivity index (χ2v) is 12.5. The maximum absolute atomic E-state index is 12.6. The van der Waals surface area contributed by atoms with Crippen LogP contribution in [0.2, 0.25) is 0 Å². The Morgan fingerprint density at radius 3 is 2.33 bits per heavy atom. The van der Waals surface area contributed by atoms with Gasteiger partial charge in [-0.15, -0.1) is 0 Å². The predicted octanol–water partition coefficient (Wildman–Crippen LogP) is 5.93. The van der Waals surface area contributed by atoms with Crippen LogP contribution in [0, 0.1) is 0 Å². The molecule has 1 unspecified atom stereocenters. The molecule has 2 heterocycles. The van der Waals surface area contributed by atoms with Gasteiger partial charge in [0.05, 0.1) is 18.9 Å². The van der Waals surface area contributed by atoms with Crippen LogP contribution in [0.3, 0.4) is 0 Å². The lowest BCUT2D eigenvalue weighted by atomic mass is 9.63. The first-order chi connectivity index (χ1) is 19.0. The number of nitrogens with one attached hydrogen (secondary N) is 1. The van der Waals surface area contributed by atoms with Crippen LogP contribution >= 0.6 is 0 Å². The average Bonchev–Trinajstić information content (AvgIpc) is 2.94. The van der Waals surface area contributed by atoms with Crippen molar-refractivity contribution in [1.29, 1.82) is 0 Å². The van der Waals surface area contributed by atoms with E-state index in [1.165, 1.54) is 29.5 Å². The van der Waals surface area contributed by atoms with Crippen LogP contribution in [0.25, 0.3) is 11.3 Å². The van der Waals surface area contributed by atoms with Crippen LogP contribution in [0.1, 0.15) is 91.2 Å². The summed E-state index contributed by atoms with van der Waals surface area (Å²) in [6.07, 6.45) is 4.71. The van der Waals surface area contributed by atoms with Crippen LogP contribution in [0.15, 0.2) is 36.4 Å². The molecule has 0 radical (unpaired) electrons. The van der Waals surface area contributed by atoms with E-state index in [1.807, 2.05) is 0 Å². The quantitative estimate of drug-likeness (QED) is 0.368. The fourth-order valence-corrected chi connectivity index (χ4v) is 6.08. The van der Waals surface area contributed by atoms with Gasteiger partial charge in [-0.2, -0.15) is 0 Å². The molecule has 0 spiro atoms. The van der Waals surface area contributed by atoms with E-state index in [2.05, 4.69) is 74.3 Å². The number of hydrogen-bond donors (Lipinski definition) is 1. The molecule has 1 atom stereocenters. The lowest BCUT2D eigenvalue weighted by molar-refractivity contribution is -0.147. The van der Waals surface area contributed by atoms with Gasteiger partial charge in [-0.05, 0) is 86.1 Å². The zero-order valence-electron chi connectivity index (χ0n) is 25.2. The van der Waals surface area contributed by atoms with Crippen LogP contribution < -0.4 is 10.2 Å². The van der Waals surface area contributed by atoms with Crippen molar-refractivity contribution in [3.63, 3.8) is 0 Å². The molecule has 1 saturated heterocycles. The van der Waals surface area contributed by atoms with Crippen molar-refractivity contribution < 1.29 is 19.1 Å². The molecule has 1 aromatic heterocycles. The molecule has 1 N–H and O–H groups in total. The number of rotatable bonds is 10. The van der Waals surface area contributed by atoms with Gasteiger partial charge in [0.2, 0.25) is 0 Å². The minimum absolute atomic E-state index is 0.158. The van der Waals surface area contributed by atoms with E-state index in [1.54, 1.807) is 13.8 Å². The molecule has 0 amide bonds. The first kappa shape index (κ1) is 30.0. The number of ether oxygens (including phenoxy) is 2. The third-order valence-electron chi connectivity index (χ3n) is 8.65. The Bertz CT molecular complexity index is 1180. The normalized spacial score (nSPS) is 19.0. The number of hydrogen-bond acceptors (Lipinski definition) is 7. The van der Waals surface area contributed by atoms with Gasteiger partial charge < -0.3 is 19.7 Å². The summed E-state index contributed by atoms with van der Waals surface area (Å²) in [6, 6.07) is 12.9. The molecular formula is C33H47N3O4. The molecule has 1 aliphatic heterocycles. The Morgan fingerprint density at radius 1 is 0.975 bits per heavy atom. The van der Waals surface area contributed by atoms with Crippen LogP contribution in [-0.2, 0) is 29.9 Å². The largest absolute Gasteiger partial charge is 0.466 e. The van der Waals surface area contributed by atoms with Crippen LogP contribution in [-0.4, -0.2) is 55.3 Å². The van der Waals surface area contributed by atoms with Crippen LogP contribution in [0.4, 0.5) is 5.82 Å². The summed E-state index contributed by atoms with van der Waals surface area (Å²) in [6.45, 7) is 15.3. The van der Waals surface area contributed by atoms with E-state index in [0.29, 0.717) is 19.6 Å². The molecule has 1 aromatic carbocycles. The van der Waals surface area contributed by atoms with Gasteiger partial charge in [-0.1, -0.05) is 45.9 Å². The zero-order valence-corrected chi connectivity index (χ0v) is 25.2. The van der Waals surface area contributed by atoms with Gasteiger partial charge in [-0.3, -0.25) is 9.59 Å². The van der Waals surface area contributed by atoms with Crippen molar-refractivity contribution in [3.05, 3.63) is 47.5 Å². The molecule has 1 fully saturated rings. The molecule has 7 heteroatoms. The third kappa shape index (κ3) is 7.03. The standard InChI is InChI=1S/C33H47N3O4/c1-7-39-30(37)15-14-28(31(38)40-8-2)34-24-16-20-36(21-17-24)29-11-9-10-27(35-29)23-12-13-25-26(22-23)33(5,6)19-18-32(25,3)4/h9-13,22,24,28,34H,7-8,14-21H2,1-6H3. The van der Waals surface area contributed by atoms with Gasteiger partial charge in [0.1, 0.15) is 11.9 Å². The van der Waals surface area contributed by atoms with Crippen LogP contribution in [0.5, 0.6) is 0 Å². The van der Waals surface area contributed by atoms with Crippen molar-refractivity contribution in [2.24, 2.45) is 0 Å². The topological polar surface area (TPSA) is 80.8 Å². The zero-order chi connectivity index (χ0) is 28.9. The highest BCUT2D eigenvalue weighted by Crippen LogP contribution is 2.46. The first-order valence-corrected chi connectivity index (χ1v) is 15.0. The Morgan fingerprint density at radius 2 is 1.65 bits per heavy atom. The molecule has 0 saturated carbocycles. The fourth-order valence-electron chi connectivity index (χ4n) is 6.08. The third-order valence-corrected chi connectivity index (χ3v) is 8.65.